The topological polar surface area (TPSA) is 57.3 Å². The predicted octanol–water partition coefficient (Wildman–Crippen LogP) is 2.19. The smallest absolute Gasteiger partial charge is 0.253 e. The van der Waals surface area contributed by atoms with Crippen molar-refractivity contribution in [3.05, 3.63) is 23.9 Å². The number of piperidine rings is 1. The number of nitrogens with one attached hydrogen (secondary N) is 2. The minimum atomic E-state index is -0.0295. The van der Waals surface area contributed by atoms with Gasteiger partial charge in [-0.2, -0.15) is 0 Å². The Kier molecular flexibility index (Phi) is 6.19. The number of rotatable bonds is 6. The lowest BCUT2D eigenvalue weighted by molar-refractivity contribution is 0.0919. The Morgan fingerprint density at radius 2 is 2.27 bits per heavy atom. The molecule has 122 valence electrons. The zero-order valence-corrected chi connectivity index (χ0v) is 13.9. The van der Waals surface area contributed by atoms with Crippen LogP contribution in [0.3, 0.4) is 0 Å². The molecule has 0 aliphatic carbocycles. The molecule has 1 aliphatic heterocycles. The van der Waals surface area contributed by atoms with Crippen LogP contribution in [0.25, 0.3) is 0 Å². The van der Waals surface area contributed by atoms with Gasteiger partial charge in [-0.1, -0.05) is 6.92 Å². The van der Waals surface area contributed by atoms with E-state index in [4.69, 9.17) is 0 Å². The molecule has 1 amide bonds. The molecule has 5 nitrogen and oxygen atoms in total. The van der Waals surface area contributed by atoms with Crippen molar-refractivity contribution in [2.24, 2.45) is 0 Å². The molecule has 5 heteroatoms. The monoisotopic (exact) mass is 304 g/mol. The fourth-order valence-corrected chi connectivity index (χ4v) is 2.90. The highest BCUT2D eigenvalue weighted by Gasteiger charge is 2.22. The summed E-state index contributed by atoms with van der Waals surface area (Å²) in [6.07, 6.45) is 4.91. The van der Waals surface area contributed by atoms with Crippen LogP contribution < -0.4 is 15.5 Å². The van der Waals surface area contributed by atoms with Crippen LogP contribution in [0.5, 0.6) is 0 Å². The van der Waals surface area contributed by atoms with Crippen molar-refractivity contribution in [3.63, 3.8) is 0 Å². The third kappa shape index (κ3) is 4.19. The minimum absolute atomic E-state index is 0.0295. The van der Waals surface area contributed by atoms with Gasteiger partial charge in [-0.05, 0) is 51.8 Å². The van der Waals surface area contributed by atoms with Crippen LogP contribution in [0.4, 0.5) is 5.82 Å². The maximum absolute atomic E-state index is 12.3. The number of amides is 1. The molecule has 0 spiro atoms. The van der Waals surface area contributed by atoms with E-state index in [1.54, 1.807) is 6.20 Å². The Hall–Kier alpha value is -1.62. The largest absolute Gasteiger partial charge is 0.357 e. The van der Waals surface area contributed by atoms with Crippen molar-refractivity contribution in [1.82, 2.24) is 15.6 Å². The van der Waals surface area contributed by atoms with E-state index in [2.05, 4.69) is 41.3 Å². The summed E-state index contributed by atoms with van der Waals surface area (Å²) in [5, 5.41) is 6.52. The molecule has 2 N–H and O–H groups in total. The summed E-state index contributed by atoms with van der Waals surface area (Å²) in [7, 11) is 0. The lowest BCUT2D eigenvalue weighted by Gasteiger charge is -2.30. The average Bonchev–Trinajstić information content (AvgIpc) is 2.55. The highest BCUT2D eigenvalue weighted by Crippen LogP contribution is 2.13. The highest BCUT2D eigenvalue weighted by atomic mass is 16.1. The Labute approximate surface area is 133 Å². The highest BCUT2D eigenvalue weighted by molar-refractivity contribution is 5.94. The van der Waals surface area contributed by atoms with Crippen LogP contribution in [0, 0.1) is 0 Å². The molecule has 1 aromatic heterocycles. The predicted molar refractivity (Wildman–Crippen MR) is 90.4 cm³/mol. The Balaban J connectivity index is 1.98. The fourth-order valence-electron chi connectivity index (χ4n) is 2.90. The number of anilines is 1. The molecule has 0 bridgehead atoms. The molecular weight excluding hydrogens is 276 g/mol. The summed E-state index contributed by atoms with van der Waals surface area (Å²) in [6, 6.07) is 4.34. The number of carbonyl (C=O) groups is 1. The Bertz CT molecular complexity index is 474. The van der Waals surface area contributed by atoms with Gasteiger partial charge in [-0.3, -0.25) is 4.79 Å². The van der Waals surface area contributed by atoms with Crippen molar-refractivity contribution >= 4 is 11.7 Å². The molecule has 0 radical (unpaired) electrons. The van der Waals surface area contributed by atoms with Crippen LogP contribution in [0.15, 0.2) is 18.3 Å². The number of hydrogen-bond donors (Lipinski definition) is 2. The van der Waals surface area contributed by atoms with Crippen LogP contribution in [0.2, 0.25) is 0 Å². The van der Waals surface area contributed by atoms with Crippen LogP contribution in [0.1, 0.15) is 50.4 Å². The lowest BCUT2D eigenvalue weighted by atomic mass is 9.99. The van der Waals surface area contributed by atoms with Crippen molar-refractivity contribution in [1.29, 1.82) is 0 Å². The number of aromatic nitrogens is 1. The van der Waals surface area contributed by atoms with Crippen molar-refractivity contribution in [3.8, 4) is 0 Å². The molecule has 0 aromatic carbocycles. The first-order chi connectivity index (χ1) is 10.7. The quantitative estimate of drug-likeness (QED) is 0.846. The Morgan fingerprint density at radius 1 is 1.45 bits per heavy atom. The first-order valence-electron chi connectivity index (χ1n) is 8.41. The van der Waals surface area contributed by atoms with E-state index in [-0.39, 0.29) is 11.9 Å². The van der Waals surface area contributed by atoms with Crippen LogP contribution in [-0.2, 0) is 0 Å². The van der Waals surface area contributed by atoms with Gasteiger partial charge in [-0.15, -0.1) is 0 Å². The zero-order chi connectivity index (χ0) is 15.9. The van der Waals surface area contributed by atoms with Crippen molar-refractivity contribution in [2.75, 3.05) is 24.5 Å². The molecule has 1 aromatic rings. The van der Waals surface area contributed by atoms with Gasteiger partial charge in [0.15, 0.2) is 0 Å². The normalized spacial score (nSPS) is 21.4. The second-order valence-corrected chi connectivity index (χ2v) is 5.95. The molecule has 2 atom stereocenters. The van der Waals surface area contributed by atoms with Gasteiger partial charge in [0.05, 0.1) is 5.56 Å². The van der Waals surface area contributed by atoms with E-state index >= 15 is 0 Å². The Morgan fingerprint density at radius 3 is 2.86 bits per heavy atom. The van der Waals surface area contributed by atoms with E-state index in [0.717, 1.165) is 44.7 Å². The third-order valence-corrected chi connectivity index (χ3v) is 4.29. The van der Waals surface area contributed by atoms with Gasteiger partial charge in [0, 0.05) is 31.4 Å². The fraction of sp³-hybridized carbons (Fsp3) is 0.647. The maximum atomic E-state index is 12.3. The standard InChI is InChI=1S/C17H28N4O/c1-4-11-21(5-2)16-9-8-14(12-19-16)17(22)20-15-7-6-10-18-13(15)3/h8-9,12-13,15,18H,4-7,10-11H2,1-3H3,(H,20,22). The summed E-state index contributed by atoms with van der Waals surface area (Å²) in [4.78, 5) is 19.0. The molecule has 1 aliphatic rings. The average molecular weight is 304 g/mol. The van der Waals surface area contributed by atoms with E-state index in [1.165, 1.54) is 0 Å². The van der Waals surface area contributed by atoms with Crippen molar-refractivity contribution in [2.45, 2.75) is 52.1 Å². The van der Waals surface area contributed by atoms with E-state index in [9.17, 15) is 4.79 Å². The number of hydrogen-bond acceptors (Lipinski definition) is 4. The SMILES string of the molecule is CCCN(CC)c1ccc(C(=O)NC2CCCNC2C)cn1. The number of pyridine rings is 1. The van der Waals surface area contributed by atoms with Gasteiger partial charge in [-0.25, -0.2) is 4.98 Å². The van der Waals surface area contributed by atoms with Gasteiger partial charge in [0.25, 0.3) is 5.91 Å². The van der Waals surface area contributed by atoms with Crippen molar-refractivity contribution < 1.29 is 4.79 Å². The first-order valence-corrected chi connectivity index (χ1v) is 8.41. The number of carbonyl (C=O) groups excluding carboxylic acids is 1. The van der Waals surface area contributed by atoms with Crippen LogP contribution in [-0.4, -0.2) is 42.6 Å². The van der Waals surface area contributed by atoms with E-state index in [0.29, 0.717) is 11.6 Å². The molecular formula is C17H28N4O. The molecule has 22 heavy (non-hydrogen) atoms. The van der Waals surface area contributed by atoms with Gasteiger partial charge < -0.3 is 15.5 Å². The minimum Gasteiger partial charge on any atom is -0.357 e. The second kappa shape index (κ2) is 8.13. The molecule has 2 heterocycles. The summed E-state index contributed by atoms with van der Waals surface area (Å²) < 4.78 is 0. The van der Waals surface area contributed by atoms with Gasteiger partial charge in [0.2, 0.25) is 0 Å². The zero-order valence-electron chi connectivity index (χ0n) is 13.9. The van der Waals surface area contributed by atoms with Gasteiger partial charge >= 0.3 is 0 Å². The van der Waals surface area contributed by atoms with Crippen LogP contribution >= 0.6 is 0 Å². The summed E-state index contributed by atoms with van der Waals surface area (Å²) in [6.45, 7) is 9.35. The van der Waals surface area contributed by atoms with Gasteiger partial charge in [0.1, 0.15) is 5.82 Å². The molecule has 1 fully saturated rings. The molecule has 2 unspecified atom stereocenters. The summed E-state index contributed by atoms with van der Waals surface area (Å²) in [5.74, 6) is 0.909. The lowest BCUT2D eigenvalue weighted by Crippen LogP contribution is -2.51. The molecule has 0 saturated carbocycles. The summed E-state index contributed by atoms with van der Waals surface area (Å²) >= 11 is 0. The first kappa shape index (κ1) is 16.7. The van der Waals surface area contributed by atoms with E-state index in [1.807, 2.05) is 12.1 Å². The molecule has 1 saturated heterocycles. The third-order valence-electron chi connectivity index (χ3n) is 4.29. The van der Waals surface area contributed by atoms with E-state index < -0.39 is 0 Å². The number of nitrogens with zero attached hydrogens (tertiary/aromatic N) is 2. The maximum Gasteiger partial charge on any atom is 0.253 e. The summed E-state index contributed by atoms with van der Waals surface area (Å²) in [5.41, 5.74) is 0.633. The molecule has 2 rings (SSSR count). The second-order valence-electron chi connectivity index (χ2n) is 5.95.